The highest BCUT2D eigenvalue weighted by atomic mass is 19.4. The van der Waals surface area contributed by atoms with Gasteiger partial charge in [0.1, 0.15) is 0 Å². The third-order valence-electron chi connectivity index (χ3n) is 4.93. The first-order valence-electron chi connectivity index (χ1n) is 9.09. The van der Waals surface area contributed by atoms with Crippen molar-refractivity contribution in [3.8, 4) is 0 Å². The molecule has 0 aromatic heterocycles. The van der Waals surface area contributed by atoms with E-state index in [1.807, 2.05) is 0 Å². The smallest absolute Gasteiger partial charge is 0.376 e. The lowest BCUT2D eigenvalue weighted by atomic mass is 9.80. The highest BCUT2D eigenvalue weighted by molar-refractivity contribution is 5.34. The van der Waals surface area contributed by atoms with Crippen molar-refractivity contribution >= 4 is 0 Å². The molecule has 0 amide bonds. The van der Waals surface area contributed by atoms with Gasteiger partial charge in [-0.3, -0.25) is 0 Å². The Morgan fingerprint density at radius 3 is 1.43 bits per heavy atom. The van der Waals surface area contributed by atoms with E-state index in [0.717, 1.165) is 12.1 Å². The Hall–Kier alpha value is -1.94. The lowest BCUT2D eigenvalue weighted by Crippen LogP contribution is -2.70. The van der Waals surface area contributed by atoms with Crippen molar-refractivity contribution in [2.75, 3.05) is 0 Å². The molecule has 0 aliphatic rings. The Labute approximate surface area is 185 Å². The molecule has 1 unspecified atom stereocenters. The van der Waals surface area contributed by atoms with Crippen LogP contribution in [0, 0.1) is 0 Å². The summed E-state index contributed by atoms with van der Waals surface area (Å²) in [5.74, 6) is -39.6. The maximum Gasteiger partial charge on any atom is 0.460 e. The average Bonchev–Trinajstić information content (AvgIpc) is 2.65. The Morgan fingerprint density at radius 2 is 1.03 bits per heavy atom. The largest absolute Gasteiger partial charge is 0.460 e. The standard InChI is InChI=1S/C18H14F16O/c1-2-5-9-6-3-4-7-10(9)11(35,17(29,30)31)8-12(19,20)13(21,22)14(23,24)15(25,26)16(27,28)18(32,33)34/h3-4,6-7,35H,2,5,8H2,1H3. The van der Waals surface area contributed by atoms with Crippen LogP contribution in [0.5, 0.6) is 0 Å². The Balaban J connectivity index is 3.74. The second-order valence-corrected chi connectivity index (χ2v) is 7.44. The van der Waals surface area contributed by atoms with Crippen LogP contribution in [0.2, 0.25) is 0 Å². The predicted octanol–water partition coefficient (Wildman–Crippen LogP) is 7.52. The summed E-state index contributed by atoms with van der Waals surface area (Å²) in [6, 6.07) is 2.75. The minimum atomic E-state index is -8.27. The quantitative estimate of drug-likeness (QED) is 0.316. The summed E-state index contributed by atoms with van der Waals surface area (Å²) in [5, 5.41) is 9.98. The second kappa shape index (κ2) is 8.87. The normalized spacial score (nSPS) is 16.9. The van der Waals surface area contributed by atoms with Crippen LogP contribution in [0.3, 0.4) is 0 Å². The number of benzene rings is 1. The van der Waals surface area contributed by atoms with E-state index in [4.69, 9.17) is 0 Å². The number of halogens is 16. The van der Waals surface area contributed by atoms with Crippen molar-refractivity contribution in [2.45, 2.75) is 73.8 Å². The summed E-state index contributed by atoms with van der Waals surface area (Å²) in [5.41, 5.74) is -7.35. The lowest BCUT2D eigenvalue weighted by Gasteiger charge is -2.42. The van der Waals surface area contributed by atoms with E-state index in [1.54, 1.807) is 0 Å². The first kappa shape index (κ1) is 31.1. The van der Waals surface area contributed by atoms with Crippen LogP contribution in [-0.2, 0) is 12.0 Å². The van der Waals surface area contributed by atoms with Crippen LogP contribution in [0.15, 0.2) is 24.3 Å². The van der Waals surface area contributed by atoms with Crippen molar-refractivity contribution in [1.29, 1.82) is 0 Å². The molecule has 1 aromatic rings. The third kappa shape index (κ3) is 4.75. The van der Waals surface area contributed by atoms with E-state index >= 15 is 0 Å². The van der Waals surface area contributed by atoms with Gasteiger partial charge in [-0.2, -0.15) is 70.2 Å². The van der Waals surface area contributed by atoms with Gasteiger partial charge in [0, 0.05) is 0 Å². The van der Waals surface area contributed by atoms with Crippen molar-refractivity contribution in [1.82, 2.24) is 0 Å². The first-order chi connectivity index (χ1) is 15.3. The van der Waals surface area contributed by atoms with Gasteiger partial charge in [0.05, 0.1) is 6.42 Å². The van der Waals surface area contributed by atoms with Crippen LogP contribution in [0.1, 0.15) is 30.9 Å². The average molecular weight is 550 g/mol. The molecule has 0 saturated carbocycles. The van der Waals surface area contributed by atoms with Crippen molar-refractivity contribution in [3.05, 3.63) is 35.4 Å². The van der Waals surface area contributed by atoms with Crippen LogP contribution in [0.4, 0.5) is 70.2 Å². The van der Waals surface area contributed by atoms with Crippen LogP contribution in [-0.4, -0.2) is 47.1 Å². The molecule has 0 bridgehead atoms. The van der Waals surface area contributed by atoms with Gasteiger partial charge in [0.15, 0.2) is 5.60 Å². The molecule has 0 spiro atoms. The minimum Gasteiger partial charge on any atom is -0.376 e. The molecule has 204 valence electrons. The molecule has 1 rings (SSSR count). The molecule has 0 radical (unpaired) electrons. The highest BCUT2D eigenvalue weighted by Crippen LogP contribution is 2.62. The summed E-state index contributed by atoms with van der Waals surface area (Å²) < 4.78 is 213. The highest BCUT2D eigenvalue weighted by Gasteiger charge is 2.91. The topological polar surface area (TPSA) is 20.2 Å². The summed E-state index contributed by atoms with van der Waals surface area (Å²) in [7, 11) is 0. The summed E-state index contributed by atoms with van der Waals surface area (Å²) >= 11 is 0. The third-order valence-corrected chi connectivity index (χ3v) is 4.93. The molecule has 1 nitrogen and oxygen atoms in total. The maximum atomic E-state index is 14.2. The molecule has 1 N–H and O–H groups in total. The van der Waals surface area contributed by atoms with Crippen LogP contribution < -0.4 is 0 Å². The summed E-state index contributed by atoms with van der Waals surface area (Å²) in [6.07, 6.45) is -18.3. The number of rotatable bonds is 9. The van der Waals surface area contributed by atoms with Gasteiger partial charge in [-0.05, 0) is 17.5 Å². The second-order valence-electron chi connectivity index (χ2n) is 7.44. The zero-order valence-electron chi connectivity index (χ0n) is 16.9. The molecular weight excluding hydrogens is 536 g/mol. The van der Waals surface area contributed by atoms with Crippen LogP contribution >= 0.6 is 0 Å². The van der Waals surface area contributed by atoms with E-state index in [-0.39, 0.29) is 12.5 Å². The number of aliphatic hydroxyl groups is 1. The van der Waals surface area contributed by atoms with Crippen molar-refractivity contribution < 1.29 is 75.4 Å². The molecule has 0 fully saturated rings. The number of hydrogen-bond donors (Lipinski definition) is 1. The van der Waals surface area contributed by atoms with E-state index < -0.39 is 71.5 Å². The minimum absolute atomic E-state index is 0.0334. The zero-order chi connectivity index (χ0) is 28.1. The molecule has 1 aromatic carbocycles. The van der Waals surface area contributed by atoms with Gasteiger partial charge in [0.25, 0.3) is 0 Å². The Morgan fingerprint density at radius 1 is 0.600 bits per heavy atom. The van der Waals surface area contributed by atoms with E-state index in [2.05, 4.69) is 0 Å². The summed E-state index contributed by atoms with van der Waals surface area (Å²) in [6.45, 7) is 1.33. The number of aryl methyl sites for hydroxylation is 1. The maximum absolute atomic E-state index is 14.2. The van der Waals surface area contributed by atoms with Gasteiger partial charge in [-0.15, -0.1) is 0 Å². The van der Waals surface area contributed by atoms with Gasteiger partial charge in [0.2, 0.25) is 0 Å². The Bertz CT molecular complexity index is 885. The molecule has 0 aliphatic carbocycles. The molecule has 0 heterocycles. The fourth-order valence-electron chi connectivity index (χ4n) is 2.99. The van der Waals surface area contributed by atoms with E-state index in [0.29, 0.717) is 6.07 Å². The predicted molar refractivity (Wildman–Crippen MR) is 85.8 cm³/mol. The molecule has 0 aliphatic heterocycles. The van der Waals surface area contributed by atoms with Crippen molar-refractivity contribution in [2.24, 2.45) is 0 Å². The summed E-state index contributed by atoms with van der Waals surface area (Å²) in [4.78, 5) is 0. The molecule has 1 atom stereocenters. The first-order valence-corrected chi connectivity index (χ1v) is 9.09. The fourth-order valence-corrected chi connectivity index (χ4v) is 2.99. The molecular formula is C18H14F16O. The van der Waals surface area contributed by atoms with Gasteiger partial charge in [-0.1, -0.05) is 37.6 Å². The monoisotopic (exact) mass is 550 g/mol. The van der Waals surface area contributed by atoms with E-state index in [1.165, 1.54) is 6.92 Å². The fraction of sp³-hybridized carbons (Fsp3) is 0.667. The molecule has 0 saturated heterocycles. The lowest BCUT2D eigenvalue weighted by molar-refractivity contribution is -0.443. The zero-order valence-corrected chi connectivity index (χ0v) is 16.9. The van der Waals surface area contributed by atoms with E-state index in [9.17, 15) is 75.4 Å². The van der Waals surface area contributed by atoms with Crippen molar-refractivity contribution in [3.63, 3.8) is 0 Å². The SMILES string of the molecule is CCCc1ccccc1C(O)(CC(F)(F)C(F)(F)C(F)(F)C(F)(F)C(F)(F)C(F)(F)F)C(F)(F)F. The molecule has 35 heavy (non-hydrogen) atoms. The van der Waals surface area contributed by atoms with Gasteiger partial charge in [-0.25, -0.2) is 0 Å². The Kier molecular flexibility index (Phi) is 7.88. The number of hydrogen-bond acceptors (Lipinski definition) is 1. The van der Waals surface area contributed by atoms with Crippen LogP contribution in [0.25, 0.3) is 0 Å². The molecule has 17 heteroatoms. The van der Waals surface area contributed by atoms with Gasteiger partial charge >= 0.3 is 42.0 Å². The van der Waals surface area contributed by atoms with Gasteiger partial charge < -0.3 is 5.11 Å². The number of alkyl halides is 16.